The van der Waals surface area contributed by atoms with Gasteiger partial charge in [-0.15, -0.1) is 24.8 Å². The summed E-state index contributed by atoms with van der Waals surface area (Å²) in [6.45, 7) is 1.76. The van der Waals surface area contributed by atoms with Gasteiger partial charge in [0.05, 0.1) is 11.8 Å². The average molecular weight is 376 g/mol. The second kappa shape index (κ2) is 9.61. The van der Waals surface area contributed by atoms with Crippen LogP contribution >= 0.6 is 24.8 Å². The van der Waals surface area contributed by atoms with E-state index in [-0.39, 0.29) is 42.6 Å². The molecule has 1 aliphatic heterocycles. The highest BCUT2D eigenvalue weighted by atomic mass is 35.5. The number of rotatable bonds is 5. The van der Waals surface area contributed by atoms with E-state index < -0.39 is 0 Å². The van der Waals surface area contributed by atoms with Crippen LogP contribution in [-0.2, 0) is 11.2 Å². The minimum Gasteiger partial charge on any atom is -0.441 e. The van der Waals surface area contributed by atoms with Gasteiger partial charge < -0.3 is 15.1 Å². The molecule has 1 amide bonds. The van der Waals surface area contributed by atoms with E-state index in [2.05, 4.69) is 15.6 Å². The number of hydrogen-bond acceptors (Lipinski definition) is 4. The molecule has 1 saturated heterocycles. The van der Waals surface area contributed by atoms with Crippen LogP contribution in [0.15, 0.2) is 34.9 Å². The van der Waals surface area contributed by atoms with E-state index in [0.717, 1.165) is 19.5 Å². The van der Waals surface area contributed by atoms with Crippen molar-refractivity contribution in [2.24, 2.45) is 0 Å². The van der Waals surface area contributed by atoms with Crippen LogP contribution in [-0.4, -0.2) is 30.0 Å². The van der Waals surface area contributed by atoms with Gasteiger partial charge in [-0.2, -0.15) is 0 Å². The topological polar surface area (TPSA) is 67.2 Å². The Morgan fingerprint density at radius 1 is 1.38 bits per heavy atom. The number of carbonyl (C=O) groups is 1. The molecule has 24 heavy (non-hydrogen) atoms. The van der Waals surface area contributed by atoms with Crippen molar-refractivity contribution >= 4 is 30.7 Å². The minimum absolute atomic E-state index is 0. The third-order valence-corrected chi connectivity index (χ3v) is 3.68. The van der Waals surface area contributed by atoms with Gasteiger partial charge in [-0.3, -0.25) is 4.79 Å². The maximum Gasteiger partial charge on any atom is 0.220 e. The zero-order chi connectivity index (χ0) is 15.4. The van der Waals surface area contributed by atoms with E-state index >= 15 is 0 Å². The van der Waals surface area contributed by atoms with E-state index in [9.17, 15) is 9.18 Å². The molecule has 1 unspecified atom stereocenters. The van der Waals surface area contributed by atoms with E-state index in [1.807, 2.05) is 0 Å². The van der Waals surface area contributed by atoms with Crippen molar-refractivity contribution in [1.29, 1.82) is 0 Å². The van der Waals surface area contributed by atoms with E-state index in [1.54, 1.807) is 18.2 Å². The number of halogens is 3. The van der Waals surface area contributed by atoms with Gasteiger partial charge in [0.1, 0.15) is 5.82 Å². The second-order valence-corrected chi connectivity index (χ2v) is 5.36. The number of nitrogens with zero attached hydrogens (tertiary/aromatic N) is 1. The van der Waals surface area contributed by atoms with Crippen molar-refractivity contribution in [3.63, 3.8) is 0 Å². The lowest BCUT2D eigenvalue weighted by molar-refractivity contribution is -0.121. The van der Waals surface area contributed by atoms with Gasteiger partial charge >= 0.3 is 0 Å². The molecular formula is C16H20Cl2FN3O2. The first kappa shape index (κ1) is 20.4. The number of benzene rings is 1. The number of oxazole rings is 1. The second-order valence-electron chi connectivity index (χ2n) is 5.36. The number of hydrogen-bond donors (Lipinski definition) is 2. The monoisotopic (exact) mass is 375 g/mol. The molecule has 0 bridgehead atoms. The lowest BCUT2D eigenvalue weighted by Gasteiger charge is -2.10. The number of amides is 1. The molecule has 1 aromatic heterocycles. The van der Waals surface area contributed by atoms with Gasteiger partial charge in [0.15, 0.2) is 11.7 Å². The van der Waals surface area contributed by atoms with Crippen molar-refractivity contribution in [2.75, 3.05) is 13.1 Å². The molecule has 2 heterocycles. The van der Waals surface area contributed by atoms with Crippen molar-refractivity contribution in [3.05, 3.63) is 42.2 Å². The Hall–Kier alpha value is -1.63. The van der Waals surface area contributed by atoms with Crippen molar-refractivity contribution < 1.29 is 13.6 Å². The third-order valence-electron chi connectivity index (χ3n) is 3.68. The van der Waals surface area contributed by atoms with Crippen LogP contribution in [0.3, 0.4) is 0 Å². The molecule has 2 N–H and O–H groups in total. The smallest absolute Gasteiger partial charge is 0.220 e. The first-order valence-corrected chi connectivity index (χ1v) is 7.42. The Labute approximate surface area is 152 Å². The third kappa shape index (κ3) is 5.19. The molecule has 0 radical (unpaired) electrons. The Balaban J connectivity index is 0.00000144. The SMILES string of the molecule is Cl.Cl.O=C(CCc1ncc(-c2ccccc2F)o1)NC1CCNC1. The van der Waals surface area contributed by atoms with Crippen molar-refractivity contribution in [3.8, 4) is 11.3 Å². The molecule has 132 valence electrons. The summed E-state index contributed by atoms with van der Waals surface area (Å²) < 4.78 is 19.2. The molecule has 3 rings (SSSR count). The summed E-state index contributed by atoms with van der Waals surface area (Å²) in [5, 5.41) is 6.16. The van der Waals surface area contributed by atoms with Crippen LogP contribution in [0.25, 0.3) is 11.3 Å². The van der Waals surface area contributed by atoms with Crippen LogP contribution in [0.1, 0.15) is 18.7 Å². The molecule has 1 aliphatic rings. The van der Waals surface area contributed by atoms with Crippen LogP contribution in [0.4, 0.5) is 4.39 Å². The van der Waals surface area contributed by atoms with E-state index in [0.29, 0.717) is 30.1 Å². The summed E-state index contributed by atoms with van der Waals surface area (Å²) in [4.78, 5) is 15.9. The molecule has 1 atom stereocenters. The highest BCUT2D eigenvalue weighted by Gasteiger charge is 2.17. The Morgan fingerprint density at radius 2 is 2.17 bits per heavy atom. The molecule has 2 aromatic rings. The molecule has 1 aromatic carbocycles. The van der Waals surface area contributed by atoms with Gasteiger partial charge in [-0.05, 0) is 25.1 Å². The summed E-state index contributed by atoms with van der Waals surface area (Å²) >= 11 is 0. The van der Waals surface area contributed by atoms with Gasteiger partial charge in [0.25, 0.3) is 0 Å². The summed E-state index contributed by atoms with van der Waals surface area (Å²) in [7, 11) is 0. The predicted octanol–water partition coefficient (Wildman–Crippen LogP) is 2.74. The lowest BCUT2D eigenvalue weighted by Crippen LogP contribution is -2.36. The predicted molar refractivity (Wildman–Crippen MR) is 94.1 cm³/mol. The lowest BCUT2D eigenvalue weighted by atomic mass is 10.2. The molecule has 8 heteroatoms. The highest BCUT2D eigenvalue weighted by molar-refractivity contribution is 5.85. The standard InChI is InChI=1S/C16H18FN3O2.2ClH/c17-13-4-2-1-3-12(13)14-10-19-16(22-14)6-5-15(21)20-11-7-8-18-9-11;;/h1-4,10-11,18H,5-9H2,(H,20,21);2*1H. The fraction of sp³-hybridized carbons (Fsp3) is 0.375. The molecule has 5 nitrogen and oxygen atoms in total. The maximum absolute atomic E-state index is 13.7. The first-order chi connectivity index (χ1) is 10.7. The largest absolute Gasteiger partial charge is 0.441 e. The summed E-state index contributed by atoms with van der Waals surface area (Å²) in [6, 6.07) is 6.59. The molecule has 0 spiro atoms. The van der Waals surface area contributed by atoms with Crippen molar-refractivity contribution in [2.45, 2.75) is 25.3 Å². The maximum atomic E-state index is 13.7. The fourth-order valence-corrected chi connectivity index (χ4v) is 2.51. The van der Waals surface area contributed by atoms with E-state index in [1.165, 1.54) is 12.3 Å². The Bertz CT molecular complexity index is 660. The Morgan fingerprint density at radius 3 is 2.88 bits per heavy atom. The quantitative estimate of drug-likeness (QED) is 0.842. The Kier molecular flexibility index (Phi) is 8.18. The average Bonchev–Trinajstić information content (AvgIpc) is 3.17. The van der Waals surface area contributed by atoms with Gasteiger partial charge in [-0.1, -0.05) is 12.1 Å². The number of carbonyl (C=O) groups excluding carboxylic acids is 1. The summed E-state index contributed by atoms with van der Waals surface area (Å²) in [6.07, 6.45) is 3.17. The summed E-state index contributed by atoms with van der Waals surface area (Å²) in [5.74, 6) is 0.461. The molecule has 0 aliphatic carbocycles. The summed E-state index contributed by atoms with van der Waals surface area (Å²) in [5.41, 5.74) is 0.378. The van der Waals surface area contributed by atoms with Crippen molar-refractivity contribution in [1.82, 2.24) is 15.6 Å². The van der Waals surface area contributed by atoms with Crippen LogP contribution in [0.2, 0.25) is 0 Å². The first-order valence-electron chi connectivity index (χ1n) is 7.42. The molecule has 1 fully saturated rings. The van der Waals surface area contributed by atoms with Crippen LogP contribution in [0.5, 0.6) is 0 Å². The highest BCUT2D eigenvalue weighted by Crippen LogP contribution is 2.23. The zero-order valence-corrected chi connectivity index (χ0v) is 14.6. The van der Waals surface area contributed by atoms with Gasteiger partial charge in [0.2, 0.25) is 5.91 Å². The van der Waals surface area contributed by atoms with Crippen LogP contribution < -0.4 is 10.6 Å². The fourth-order valence-electron chi connectivity index (χ4n) is 2.51. The van der Waals surface area contributed by atoms with Gasteiger partial charge in [-0.25, -0.2) is 9.37 Å². The number of nitrogens with one attached hydrogen (secondary N) is 2. The molecule has 0 saturated carbocycles. The number of aromatic nitrogens is 1. The van der Waals surface area contributed by atoms with Gasteiger partial charge in [0, 0.05) is 25.4 Å². The molecular weight excluding hydrogens is 356 g/mol. The minimum atomic E-state index is -0.350. The number of aryl methyl sites for hydroxylation is 1. The van der Waals surface area contributed by atoms with E-state index in [4.69, 9.17) is 4.42 Å². The normalized spacial score (nSPS) is 16.1. The van der Waals surface area contributed by atoms with Crippen LogP contribution in [0, 0.1) is 5.82 Å². The zero-order valence-electron chi connectivity index (χ0n) is 13.0.